The lowest BCUT2D eigenvalue weighted by Gasteiger charge is -2.11. The lowest BCUT2D eigenvalue weighted by atomic mass is 10.2. The number of para-hydroxylation sites is 1. The van der Waals surface area contributed by atoms with Crippen LogP contribution in [0.25, 0.3) is 22.5 Å². The first-order chi connectivity index (χ1) is 12.0. The van der Waals surface area contributed by atoms with Crippen LogP contribution >= 0.6 is 15.9 Å². The average molecular weight is 407 g/mol. The van der Waals surface area contributed by atoms with Gasteiger partial charge in [0.05, 0.1) is 11.5 Å². The molecule has 0 N–H and O–H groups in total. The number of carbonyl (C=O) groups excluding carboxylic acids is 1. The minimum absolute atomic E-state index is 0.0961. The number of esters is 1. The Labute approximate surface area is 151 Å². The van der Waals surface area contributed by atoms with E-state index >= 15 is 0 Å². The summed E-state index contributed by atoms with van der Waals surface area (Å²) in [5.74, 6) is -0.246. The minimum atomic E-state index is -0.575. The Bertz CT molecular complexity index is 969. The van der Waals surface area contributed by atoms with E-state index < -0.39 is 12.6 Å². The number of fused-ring (bicyclic) bond motifs is 1. The fraction of sp³-hybridized carbons (Fsp3) is 0.222. The number of hydrogen-bond acceptors (Lipinski definition) is 6. The van der Waals surface area contributed by atoms with Gasteiger partial charge < -0.3 is 18.3 Å². The summed E-state index contributed by atoms with van der Waals surface area (Å²) in [5.41, 5.74) is 0.00819. The van der Waals surface area contributed by atoms with Crippen LogP contribution in [-0.4, -0.2) is 18.7 Å². The number of halogens is 1. The van der Waals surface area contributed by atoms with E-state index in [0.29, 0.717) is 21.4 Å². The van der Waals surface area contributed by atoms with E-state index in [1.165, 1.54) is 0 Å². The lowest BCUT2D eigenvalue weighted by Crippen LogP contribution is -2.21. The van der Waals surface area contributed by atoms with Gasteiger partial charge in [-0.05, 0) is 54.0 Å². The predicted molar refractivity (Wildman–Crippen MR) is 94.6 cm³/mol. The fourth-order valence-corrected chi connectivity index (χ4v) is 2.59. The molecule has 130 valence electrons. The molecule has 0 radical (unpaired) electrons. The zero-order valence-electron chi connectivity index (χ0n) is 13.6. The van der Waals surface area contributed by atoms with Gasteiger partial charge >= 0.3 is 5.97 Å². The van der Waals surface area contributed by atoms with E-state index in [4.69, 9.17) is 18.3 Å². The molecule has 0 aliphatic heterocycles. The number of carbonyl (C=O) groups is 1. The van der Waals surface area contributed by atoms with E-state index in [9.17, 15) is 9.59 Å². The third kappa shape index (κ3) is 3.76. The summed E-state index contributed by atoms with van der Waals surface area (Å²) in [7, 11) is 0. The number of benzene rings is 1. The average Bonchev–Trinajstić information content (AvgIpc) is 2.99. The first kappa shape index (κ1) is 17.3. The van der Waals surface area contributed by atoms with Crippen LogP contribution in [0.4, 0.5) is 0 Å². The van der Waals surface area contributed by atoms with E-state index in [1.807, 2.05) is 0 Å². The molecule has 0 spiro atoms. The summed E-state index contributed by atoms with van der Waals surface area (Å²) in [5, 5.41) is 0.351. The first-order valence-electron chi connectivity index (χ1n) is 7.59. The van der Waals surface area contributed by atoms with Crippen LogP contribution in [0.5, 0.6) is 5.75 Å². The van der Waals surface area contributed by atoms with Gasteiger partial charge in [0.1, 0.15) is 5.58 Å². The second-order valence-electron chi connectivity index (χ2n) is 5.52. The zero-order valence-corrected chi connectivity index (χ0v) is 15.2. The Morgan fingerprint density at radius 1 is 1.16 bits per heavy atom. The molecule has 0 unspecified atom stereocenters. The quantitative estimate of drug-likeness (QED) is 0.592. The van der Waals surface area contributed by atoms with Crippen molar-refractivity contribution in [2.75, 3.05) is 6.61 Å². The highest BCUT2D eigenvalue weighted by Crippen LogP contribution is 2.33. The molecule has 0 fully saturated rings. The maximum atomic E-state index is 12.8. The Hall–Kier alpha value is -2.54. The number of furan rings is 1. The van der Waals surface area contributed by atoms with Crippen LogP contribution < -0.4 is 10.2 Å². The molecule has 3 aromatic rings. The Balaban J connectivity index is 2.06. The third-order valence-electron chi connectivity index (χ3n) is 3.25. The van der Waals surface area contributed by atoms with Crippen molar-refractivity contribution in [3.05, 3.63) is 51.3 Å². The smallest absolute Gasteiger partial charge is 0.344 e. The van der Waals surface area contributed by atoms with Crippen molar-refractivity contribution < 1.29 is 23.1 Å². The van der Waals surface area contributed by atoms with Gasteiger partial charge in [-0.25, -0.2) is 4.79 Å². The SMILES string of the molecule is CC(C)OC(=O)COc1c(-c2ccc(Br)o2)oc2ccccc2c1=O. The molecule has 0 saturated carbocycles. The molecular formula is C18H15BrO6. The molecule has 3 rings (SSSR count). The van der Waals surface area contributed by atoms with Crippen molar-refractivity contribution in [3.63, 3.8) is 0 Å². The van der Waals surface area contributed by atoms with Crippen molar-refractivity contribution in [3.8, 4) is 17.3 Å². The first-order valence-corrected chi connectivity index (χ1v) is 8.39. The molecule has 0 bridgehead atoms. The second-order valence-corrected chi connectivity index (χ2v) is 6.30. The molecule has 0 amide bonds. The minimum Gasteiger partial charge on any atom is -0.474 e. The molecule has 1 aromatic carbocycles. The lowest BCUT2D eigenvalue weighted by molar-refractivity contribution is -0.149. The van der Waals surface area contributed by atoms with Gasteiger partial charge in [0.25, 0.3) is 0 Å². The van der Waals surface area contributed by atoms with Gasteiger partial charge in [0.2, 0.25) is 16.9 Å². The van der Waals surface area contributed by atoms with Crippen molar-refractivity contribution in [2.45, 2.75) is 20.0 Å². The largest absolute Gasteiger partial charge is 0.474 e. The van der Waals surface area contributed by atoms with Gasteiger partial charge in [-0.3, -0.25) is 4.79 Å². The standard InChI is InChI=1S/C18H15BrO6/c1-10(2)23-15(20)9-22-18-16(21)11-5-3-4-6-12(11)25-17(18)13-7-8-14(19)24-13/h3-8,10H,9H2,1-2H3. The molecule has 6 nitrogen and oxygen atoms in total. The molecule has 0 atom stereocenters. The van der Waals surface area contributed by atoms with Crippen LogP contribution in [0.3, 0.4) is 0 Å². The molecule has 0 aliphatic rings. The van der Waals surface area contributed by atoms with Gasteiger partial charge in [0, 0.05) is 0 Å². The molecular weight excluding hydrogens is 392 g/mol. The summed E-state index contributed by atoms with van der Waals surface area (Å²) >= 11 is 3.21. The Morgan fingerprint density at radius 3 is 2.60 bits per heavy atom. The maximum absolute atomic E-state index is 12.8. The number of hydrogen-bond donors (Lipinski definition) is 0. The molecule has 2 aromatic heterocycles. The van der Waals surface area contributed by atoms with Gasteiger partial charge in [-0.1, -0.05) is 12.1 Å². The van der Waals surface area contributed by atoms with Crippen molar-refractivity contribution >= 4 is 32.9 Å². The zero-order chi connectivity index (χ0) is 18.0. The Kier molecular flexibility index (Phi) is 4.94. The molecule has 0 aliphatic carbocycles. The van der Waals surface area contributed by atoms with E-state index in [2.05, 4.69) is 15.9 Å². The van der Waals surface area contributed by atoms with Gasteiger partial charge in [-0.15, -0.1) is 0 Å². The van der Waals surface area contributed by atoms with E-state index in [0.717, 1.165) is 0 Å². The van der Waals surface area contributed by atoms with Crippen LogP contribution in [-0.2, 0) is 9.53 Å². The van der Waals surface area contributed by atoms with Crippen molar-refractivity contribution in [1.29, 1.82) is 0 Å². The Morgan fingerprint density at radius 2 is 1.92 bits per heavy atom. The van der Waals surface area contributed by atoms with Crippen LogP contribution in [0, 0.1) is 0 Å². The summed E-state index contributed by atoms with van der Waals surface area (Å²) < 4.78 is 22.2. The number of rotatable bonds is 5. The fourth-order valence-electron chi connectivity index (χ4n) is 2.28. The van der Waals surface area contributed by atoms with E-state index in [-0.39, 0.29) is 23.0 Å². The van der Waals surface area contributed by atoms with Crippen LogP contribution in [0.2, 0.25) is 0 Å². The van der Waals surface area contributed by atoms with Crippen LogP contribution in [0.15, 0.2) is 54.7 Å². The monoisotopic (exact) mass is 406 g/mol. The third-order valence-corrected chi connectivity index (χ3v) is 3.68. The van der Waals surface area contributed by atoms with Crippen LogP contribution in [0.1, 0.15) is 13.8 Å². The van der Waals surface area contributed by atoms with Gasteiger partial charge in [-0.2, -0.15) is 0 Å². The molecule has 25 heavy (non-hydrogen) atoms. The second kappa shape index (κ2) is 7.14. The summed E-state index contributed by atoms with van der Waals surface area (Å²) in [6, 6.07) is 10.1. The van der Waals surface area contributed by atoms with E-state index in [1.54, 1.807) is 50.2 Å². The number of ether oxygens (including phenoxy) is 2. The topological polar surface area (TPSA) is 78.9 Å². The summed E-state index contributed by atoms with van der Waals surface area (Å²) in [6.07, 6.45) is -0.274. The predicted octanol–water partition coefficient (Wildman–Crippen LogP) is 4.15. The normalized spacial score (nSPS) is 11.0. The van der Waals surface area contributed by atoms with Gasteiger partial charge in [0.15, 0.2) is 17.0 Å². The highest BCUT2D eigenvalue weighted by molar-refractivity contribution is 9.10. The molecule has 7 heteroatoms. The molecule has 2 heterocycles. The highest BCUT2D eigenvalue weighted by Gasteiger charge is 2.21. The van der Waals surface area contributed by atoms with Crippen molar-refractivity contribution in [1.82, 2.24) is 0 Å². The molecule has 0 saturated heterocycles. The summed E-state index contributed by atoms with van der Waals surface area (Å²) in [4.78, 5) is 24.5. The summed E-state index contributed by atoms with van der Waals surface area (Å²) in [6.45, 7) is 3.05. The highest BCUT2D eigenvalue weighted by atomic mass is 79.9. The van der Waals surface area contributed by atoms with Crippen molar-refractivity contribution in [2.24, 2.45) is 0 Å². The maximum Gasteiger partial charge on any atom is 0.344 e.